The van der Waals surface area contributed by atoms with E-state index in [-0.39, 0.29) is 6.61 Å². The Morgan fingerprint density at radius 3 is 2.25 bits per heavy atom. The fourth-order valence-electron chi connectivity index (χ4n) is 0.606. The molecule has 0 aliphatic carbocycles. The lowest BCUT2D eigenvalue weighted by molar-refractivity contribution is -0.150. The summed E-state index contributed by atoms with van der Waals surface area (Å²) in [4.78, 5) is 10.6. The van der Waals surface area contributed by atoms with Crippen LogP contribution in [0.5, 0.6) is 0 Å². The van der Waals surface area contributed by atoms with Gasteiger partial charge in [0.2, 0.25) is 0 Å². The van der Waals surface area contributed by atoms with Gasteiger partial charge >= 0.3 is 12.1 Å². The van der Waals surface area contributed by atoms with Gasteiger partial charge in [0.25, 0.3) is 0 Å². The summed E-state index contributed by atoms with van der Waals surface area (Å²) in [7, 11) is 0. The quantitative estimate of drug-likeness (QED) is 0.482. The summed E-state index contributed by atoms with van der Waals surface area (Å²) in [5, 5.41) is 0. The lowest BCUT2D eigenvalue weighted by Crippen LogP contribution is -2.21. The smallest absolute Gasteiger partial charge is 0.423 e. The molecule has 0 aromatic carbocycles. The molecule has 0 aromatic rings. The van der Waals surface area contributed by atoms with Gasteiger partial charge in [-0.15, -0.1) is 0 Å². The summed E-state index contributed by atoms with van der Waals surface area (Å²) < 4.78 is 40.0. The van der Waals surface area contributed by atoms with Crippen LogP contribution in [0.2, 0.25) is 0 Å². The van der Waals surface area contributed by atoms with E-state index in [4.69, 9.17) is 0 Å². The molecule has 0 unspecified atom stereocenters. The molecule has 0 saturated heterocycles. The van der Waals surface area contributed by atoms with Crippen molar-refractivity contribution in [1.82, 2.24) is 0 Å². The number of rotatable bonds is 2. The van der Waals surface area contributed by atoms with Crippen molar-refractivity contribution in [2.45, 2.75) is 20.0 Å². The zero-order valence-corrected chi connectivity index (χ0v) is 6.73. The highest BCUT2D eigenvalue weighted by Crippen LogP contribution is 2.26. The van der Waals surface area contributed by atoms with Crippen LogP contribution in [0, 0.1) is 0 Å². The number of carbonyl (C=O) groups is 1. The summed E-state index contributed by atoms with van der Waals surface area (Å²) in [6.45, 7) is 2.52. The minimum Gasteiger partial charge on any atom is -0.462 e. The first kappa shape index (κ1) is 11.0. The van der Waals surface area contributed by atoms with E-state index >= 15 is 0 Å². The van der Waals surface area contributed by atoms with E-state index in [2.05, 4.69) is 4.74 Å². The number of hydrogen-bond acceptors (Lipinski definition) is 2. The second-order valence-electron chi connectivity index (χ2n) is 1.92. The number of esters is 1. The first-order chi connectivity index (χ1) is 5.43. The maximum atomic E-state index is 11.9. The van der Waals surface area contributed by atoms with Crippen molar-refractivity contribution in [3.05, 3.63) is 11.6 Å². The summed E-state index contributed by atoms with van der Waals surface area (Å²) in [6.07, 6.45) is -3.93. The van der Waals surface area contributed by atoms with Gasteiger partial charge in [-0.2, -0.15) is 13.2 Å². The Bertz CT molecular complexity index is 193. The molecule has 0 aliphatic rings. The SMILES string of the molecule is C/C=C(/C(=O)OCC)C(F)(F)F. The summed E-state index contributed by atoms with van der Waals surface area (Å²) in [5.74, 6) is -1.33. The Hall–Kier alpha value is -1.00. The number of alkyl halides is 3. The van der Waals surface area contributed by atoms with Gasteiger partial charge in [0.15, 0.2) is 0 Å². The van der Waals surface area contributed by atoms with Gasteiger partial charge in [0.1, 0.15) is 5.57 Å². The van der Waals surface area contributed by atoms with Gasteiger partial charge in [-0.05, 0) is 13.8 Å². The topological polar surface area (TPSA) is 26.3 Å². The molecule has 5 heteroatoms. The van der Waals surface area contributed by atoms with Crippen molar-refractivity contribution in [2.75, 3.05) is 6.61 Å². The van der Waals surface area contributed by atoms with Crippen molar-refractivity contribution < 1.29 is 22.7 Å². The van der Waals surface area contributed by atoms with Crippen LogP contribution in [0.15, 0.2) is 11.6 Å². The monoisotopic (exact) mass is 182 g/mol. The van der Waals surface area contributed by atoms with E-state index in [0.717, 1.165) is 6.92 Å². The zero-order valence-electron chi connectivity index (χ0n) is 6.73. The Morgan fingerprint density at radius 1 is 1.50 bits per heavy atom. The largest absolute Gasteiger partial charge is 0.462 e. The van der Waals surface area contributed by atoms with E-state index in [1.54, 1.807) is 0 Å². The average Bonchev–Trinajstić information content (AvgIpc) is 1.85. The number of halogens is 3. The zero-order chi connectivity index (χ0) is 9.78. The maximum absolute atomic E-state index is 11.9. The predicted molar refractivity (Wildman–Crippen MR) is 36.4 cm³/mol. The molecule has 70 valence electrons. The number of hydrogen-bond donors (Lipinski definition) is 0. The first-order valence-electron chi connectivity index (χ1n) is 3.34. The molecular formula is C7H9F3O2. The first-order valence-corrected chi connectivity index (χ1v) is 3.34. The summed E-state index contributed by atoms with van der Waals surface area (Å²) >= 11 is 0. The van der Waals surface area contributed by atoms with E-state index in [1.165, 1.54) is 6.92 Å². The number of allylic oxidation sites excluding steroid dienone is 1. The van der Waals surface area contributed by atoms with Crippen LogP contribution in [-0.4, -0.2) is 18.8 Å². The van der Waals surface area contributed by atoms with Crippen molar-refractivity contribution >= 4 is 5.97 Å². The highest BCUT2D eigenvalue weighted by atomic mass is 19.4. The van der Waals surface area contributed by atoms with Gasteiger partial charge < -0.3 is 4.74 Å². The highest BCUT2D eigenvalue weighted by molar-refractivity contribution is 5.89. The van der Waals surface area contributed by atoms with E-state index < -0.39 is 17.7 Å². The molecule has 0 amide bonds. The third kappa shape index (κ3) is 2.94. The molecule has 0 heterocycles. The standard InChI is InChI=1S/C7H9F3O2/c1-3-5(7(8,9)10)6(11)12-4-2/h3H,4H2,1-2H3/b5-3-. The molecule has 0 spiro atoms. The van der Waals surface area contributed by atoms with Gasteiger partial charge in [-0.25, -0.2) is 4.79 Å². The Morgan fingerprint density at radius 2 is 2.00 bits per heavy atom. The van der Waals surface area contributed by atoms with Crippen LogP contribution in [0.4, 0.5) is 13.2 Å². The molecule has 0 atom stereocenters. The number of carbonyl (C=O) groups excluding carboxylic acids is 1. The fraction of sp³-hybridized carbons (Fsp3) is 0.571. The maximum Gasteiger partial charge on any atom is 0.423 e. The molecule has 0 rings (SSSR count). The Kier molecular flexibility index (Phi) is 3.79. The van der Waals surface area contributed by atoms with Crippen LogP contribution in [0.1, 0.15) is 13.8 Å². The summed E-state index contributed by atoms with van der Waals surface area (Å²) in [5.41, 5.74) is -1.26. The van der Waals surface area contributed by atoms with Crippen LogP contribution in [0.25, 0.3) is 0 Å². The van der Waals surface area contributed by atoms with Gasteiger partial charge in [0, 0.05) is 0 Å². The molecule has 0 radical (unpaired) electrons. The third-order valence-corrected chi connectivity index (χ3v) is 1.09. The minimum atomic E-state index is -4.62. The molecule has 0 saturated carbocycles. The highest BCUT2D eigenvalue weighted by Gasteiger charge is 2.38. The fourth-order valence-corrected chi connectivity index (χ4v) is 0.606. The van der Waals surface area contributed by atoms with Crippen molar-refractivity contribution in [3.8, 4) is 0 Å². The molecule has 0 aromatic heterocycles. The molecule has 0 aliphatic heterocycles. The molecule has 0 bridgehead atoms. The van der Waals surface area contributed by atoms with Crippen molar-refractivity contribution in [1.29, 1.82) is 0 Å². The second kappa shape index (κ2) is 4.13. The van der Waals surface area contributed by atoms with Gasteiger partial charge in [-0.1, -0.05) is 6.08 Å². The van der Waals surface area contributed by atoms with Crippen molar-refractivity contribution in [2.24, 2.45) is 0 Å². The lowest BCUT2D eigenvalue weighted by Gasteiger charge is -2.09. The minimum absolute atomic E-state index is 0.0632. The van der Waals surface area contributed by atoms with E-state index in [0.29, 0.717) is 6.08 Å². The van der Waals surface area contributed by atoms with E-state index in [9.17, 15) is 18.0 Å². The summed E-state index contributed by atoms with van der Waals surface area (Å²) in [6, 6.07) is 0. The third-order valence-electron chi connectivity index (χ3n) is 1.09. The molecule has 0 N–H and O–H groups in total. The predicted octanol–water partition coefficient (Wildman–Crippen LogP) is 2.06. The van der Waals surface area contributed by atoms with Crippen LogP contribution in [0.3, 0.4) is 0 Å². The normalized spacial score (nSPS) is 12.9. The second-order valence-corrected chi connectivity index (χ2v) is 1.92. The lowest BCUT2D eigenvalue weighted by atomic mass is 10.2. The van der Waals surface area contributed by atoms with Gasteiger partial charge in [0.05, 0.1) is 6.61 Å². The Balaban J connectivity index is 4.49. The number of ether oxygens (including phenoxy) is 1. The molecule has 2 nitrogen and oxygen atoms in total. The van der Waals surface area contributed by atoms with E-state index in [1.807, 2.05) is 0 Å². The van der Waals surface area contributed by atoms with Gasteiger partial charge in [-0.3, -0.25) is 0 Å². The molecule has 0 fully saturated rings. The average molecular weight is 182 g/mol. The molecular weight excluding hydrogens is 173 g/mol. The van der Waals surface area contributed by atoms with Crippen molar-refractivity contribution in [3.63, 3.8) is 0 Å². The Labute approximate surface area is 68.0 Å². The van der Waals surface area contributed by atoms with Crippen LogP contribution < -0.4 is 0 Å². The molecule has 12 heavy (non-hydrogen) atoms. The van der Waals surface area contributed by atoms with Crippen LogP contribution in [-0.2, 0) is 9.53 Å². The van der Waals surface area contributed by atoms with Crippen LogP contribution >= 0.6 is 0 Å².